The molecule has 0 saturated heterocycles. The van der Waals surface area contributed by atoms with Gasteiger partial charge < -0.3 is 9.84 Å². The fourth-order valence-electron chi connectivity index (χ4n) is 1.93. The summed E-state index contributed by atoms with van der Waals surface area (Å²) in [7, 11) is 0. The number of ether oxygens (including phenoxy) is 1. The average Bonchev–Trinajstić information content (AvgIpc) is 2.07. The zero-order valence-electron chi connectivity index (χ0n) is 8.12. The summed E-state index contributed by atoms with van der Waals surface area (Å²) in [6.07, 6.45) is 3.15. The summed E-state index contributed by atoms with van der Waals surface area (Å²) in [5.74, 6) is 1.15. The van der Waals surface area contributed by atoms with Gasteiger partial charge in [-0.1, -0.05) is 6.92 Å². The third kappa shape index (κ3) is 2.76. The van der Waals surface area contributed by atoms with Crippen molar-refractivity contribution in [2.45, 2.75) is 39.2 Å². The van der Waals surface area contributed by atoms with Crippen molar-refractivity contribution < 1.29 is 9.84 Å². The van der Waals surface area contributed by atoms with E-state index in [1.54, 1.807) is 0 Å². The van der Waals surface area contributed by atoms with E-state index in [9.17, 15) is 5.11 Å². The molecule has 0 bridgehead atoms. The molecule has 0 heterocycles. The first kappa shape index (κ1) is 10.0. The molecule has 0 radical (unpaired) electrons. The quantitative estimate of drug-likeness (QED) is 0.703. The fraction of sp³-hybridized carbons (Fsp3) is 1.00. The number of aliphatic hydroxyl groups excluding tert-OH is 1. The molecule has 12 heavy (non-hydrogen) atoms. The van der Waals surface area contributed by atoms with Crippen LogP contribution in [0.1, 0.15) is 33.1 Å². The number of hydrogen-bond donors (Lipinski definition) is 1. The Bertz CT molecular complexity index is 123. The number of hydrogen-bond acceptors (Lipinski definition) is 2. The van der Waals surface area contributed by atoms with Crippen molar-refractivity contribution in [2.75, 3.05) is 13.2 Å². The summed E-state index contributed by atoms with van der Waals surface area (Å²) in [4.78, 5) is 0. The standard InChI is InChI=1S/C10H20O2/c1-3-12-7-9-4-5-10(11)8(2)6-9/h8-11H,3-7H2,1-2H3. The van der Waals surface area contributed by atoms with E-state index in [-0.39, 0.29) is 6.10 Å². The molecule has 3 atom stereocenters. The minimum Gasteiger partial charge on any atom is -0.393 e. The van der Waals surface area contributed by atoms with Gasteiger partial charge in [0.05, 0.1) is 6.10 Å². The van der Waals surface area contributed by atoms with Crippen molar-refractivity contribution in [3.05, 3.63) is 0 Å². The Kier molecular flexibility index (Phi) is 4.02. The summed E-state index contributed by atoms with van der Waals surface area (Å²) in [6.45, 7) is 5.85. The molecule has 2 nitrogen and oxygen atoms in total. The van der Waals surface area contributed by atoms with E-state index < -0.39 is 0 Å². The molecule has 72 valence electrons. The molecule has 0 aromatic heterocycles. The molecular formula is C10H20O2. The van der Waals surface area contributed by atoms with Gasteiger partial charge in [0.2, 0.25) is 0 Å². The largest absolute Gasteiger partial charge is 0.393 e. The lowest BCUT2D eigenvalue weighted by molar-refractivity contribution is 0.0234. The molecule has 0 aliphatic heterocycles. The Morgan fingerprint density at radius 2 is 2.17 bits per heavy atom. The Labute approximate surface area is 74.9 Å². The van der Waals surface area contributed by atoms with Crippen molar-refractivity contribution in [3.8, 4) is 0 Å². The summed E-state index contributed by atoms with van der Waals surface area (Å²) in [5.41, 5.74) is 0. The minimum absolute atomic E-state index is 0.0668. The van der Waals surface area contributed by atoms with Crippen LogP contribution in [-0.4, -0.2) is 24.4 Å². The molecule has 1 rings (SSSR count). The molecule has 0 amide bonds. The zero-order chi connectivity index (χ0) is 8.97. The van der Waals surface area contributed by atoms with E-state index >= 15 is 0 Å². The van der Waals surface area contributed by atoms with Crippen LogP contribution in [0.4, 0.5) is 0 Å². The van der Waals surface area contributed by atoms with Crippen LogP contribution >= 0.6 is 0 Å². The SMILES string of the molecule is CCOCC1CCC(O)C(C)C1. The first-order valence-electron chi connectivity index (χ1n) is 4.99. The van der Waals surface area contributed by atoms with E-state index in [4.69, 9.17) is 4.74 Å². The Morgan fingerprint density at radius 1 is 1.42 bits per heavy atom. The predicted octanol–water partition coefficient (Wildman–Crippen LogP) is 1.82. The second-order valence-corrected chi connectivity index (χ2v) is 3.88. The van der Waals surface area contributed by atoms with Crippen molar-refractivity contribution in [2.24, 2.45) is 11.8 Å². The van der Waals surface area contributed by atoms with Gasteiger partial charge in [-0.15, -0.1) is 0 Å². The maximum Gasteiger partial charge on any atom is 0.0566 e. The molecule has 1 aliphatic rings. The van der Waals surface area contributed by atoms with Crippen LogP contribution in [0, 0.1) is 11.8 Å². The predicted molar refractivity (Wildman–Crippen MR) is 49.0 cm³/mol. The highest BCUT2D eigenvalue weighted by Gasteiger charge is 2.25. The smallest absolute Gasteiger partial charge is 0.0566 e. The second-order valence-electron chi connectivity index (χ2n) is 3.88. The monoisotopic (exact) mass is 172 g/mol. The molecule has 1 saturated carbocycles. The third-order valence-electron chi connectivity index (χ3n) is 2.79. The Hall–Kier alpha value is -0.0800. The summed E-state index contributed by atoms with van der Waals surface area (Å²) >= 11 is 0. The van der Waals surface area contributed by atoms with E-state index in [0.29, 0.717) is 11.8 Å². The molecule has 1 fully saturated rings. The van der Waals surface area contributed by atoms with Gasteiger partial charge >= 0.3 is 0 Å². The third-order valence-corrected chi connectivity index (χ3v) is 2.79. The van der Waals surface area contributed by atoms with E-state index in [1.807, 2.05) is 6.92 Å². The summed E-state index contributed by atoms with van der Waals surface area (Å²) < 4.78 is 5.37. The molecule has 1 N–H and O–H groups in total. The minimum atomic E-state index is -0.0668. The highest BCUT2D eigenvalue weighted by molar-refractivity contribution is 4.76. The van der Waals surface area contributed by atoms with Crippen LogP contribution < -0.4 is 0 Å². The van der Waals surface area contributed by atoms with Gasteiger partial charge in [0, 0.05) is 13.2 Å². The van der Waals surface area contributed by atoms with Crippen molar-refractivity contribution >= 4 is 0 Å². The highest BCUT2D eigenvalue weighted by Crippen LogP contribution is 2.28. The van der Waals surface area contributed by atoms with E-state index in [2.05, 4.69) is 6.92 Å². The molecule has 1 aliphatic carbocycles. The van der Waals surface area contributed by atoms with Gasteiger partial charge in [-0.25, -0.2) is 0 Å². The van der Waals surface area contributed by atoms with Gasteiger partial charge in [-0.3, -0.25) is 0 Å². The first-order valence-corrected chi connectivity index (χ1v) is 4.99. The molecule has 0 spiro atoms. The normalized spacial score (nSPS) is 36.8. The molecule has 3 unspecified atom stereocenters. The van der Waals surface area contributed by atoms with Crippen molar-refractivity contribution in [1.29, 1.82) is 0 Å². The van der Waals surface area contributed by atoms with Crippen LogP contribution in [0.25, 0.3) is 0 Å². The summed E-state index contributed by atoms with van der Waals surface area (Å²) in [6, 6.07) is 0. The lowest BCUT2D eigenvalue weighted by atomic mass is 9.81. The van der Waals surface area contributed by atoms with E-state index in [1.165, 1.54) is 0 Å². The number of aliphatic hydroxyl groups is 1. The molecule has 0 aromatic carbocycles. The lowest BCUT2D eigenvalue weighted by Gasteiger charge is -2.30. The molecule has 0 aromatic rings. The zero-order valence-corrected chi connectivity index (χ0v) is 8.12. The lowest BCUT2D eigenvalue weighted by Crippen LogP contribution is -2.29. The maximum absolute atomic E-state index is 9.48. The van der Waals surface area contributed by atoms with Gasteiger partial charge in [0.15, 0.2) is 0 Å². The van der Waals surface area contributed by atoms with Gasteiger partial charge in [-0.2, -0.15) is 0 Å². The van der Waals surface area contributed by atoms with Gasteiger partial charge in [0.1, 0.15) is 0 Å². The van der Waals surface area contributed by atoms with Crippen molar-refractivity contribution in [1.82, 2.24) is 0 Å². The fourth-order valence-corrected chi connectivity index (χ4v) is 1.93. The highest BCUT2D eigenvalue weighted by atomic mass is 16.5. The second kappa shape index (κ2) is 4.83. The Balaban J connectivity index is 2.21. The van der Waals surface area contributed by atoms with Crippen LogP contribution in [-0.2, 0) is 4.74 Å². The van der Waals surface area contributed by atoms with Gasteiger partial charge in [-0.05, 0) is 38.0 Å². The van der Waals surface area contributed by atoms with Crippen LogP contribution in [0.3, 0.4) is 0 Å². The van der Waals surface area contributed by atoms with E-state index in [0.717, 1.165) is 32.5 Å². The average molecular weight is 172 g/mol. The van der Waals surface area contributed by atoms with Crippen LogP contribution in [0.5, 0.6) is 0 Å². The number of rotatable bonds is 3. The topological polar surface area (TPSA) is 29.5 Å². The maximum atomic E-state index is 9.48. The first-order chi connectivity index (χ1) is 5.74. The molecule has 2 heteroatoms. The van der Waals surface area contributed by atoms with Crippen LogP contribution in [0.2, 0.25) is 0 Å². The summed E-state index contributed by atoms with van der Waals surface area (Å²) in [5, 5.41) is 9.48. The van der Waals surface area contributed by atoms with Crippen molar-refractivity contribution in [3.63, 3.8) is 0 Å². The van der Waals surface area contributed by atoms with Crippen LogP contribution in [0.15, 0.2) is 0 Å². The Morgan fingerprint density at radius 3 is 2.75 bits per heavy atom. The molecular weight excluding hydrogens is 152 g/mol. The van der Waals surface area contributed by atoms with Gasteiger partial charge in [0.25, 0.3) is 0 Å².